The van der Waals surface area contributed by atoms with Crippen LogP contribution in [0.1, 0.15) is 18.4 Å². The lowest BCUT2D eigenvalue weighted by Crippen LogP contribution is -2.42. The highest BCUT2D eigenvalue weighted by molar-refractivity contribution is 5.79. The predicted molar refractivity (Wildman–Crippen MR) is 76.9 cm³/mol. The van der Waals surface area contributed by atoms with E-state index in [0.29, 0.717) is 31.8 Å². The van der Waals surface area contributed by atoms with Crippen molar-refractivity contribution >= 4 is 5.96 Å². The maximum Gasteiger partial charge on any atom is 0.205 e. The highest BCUT2D eigenvalue weighted by Crippen LogP contribution is 2.30. The van der Waals surface area contributed by atoms with E-state index in [1.807, 2.05) is 18.2 Å². The van der Waals surface area contributed by atoms with Crippen LogP contribution in [0.25, 0.3) is 0 Å². The van der Waals surface area contributed by atoms with Crippen LogP contribution in [0, 0.1) is 0 Å². The monoisotopic (exact) mass is 276 g/mol. The summed E-state index contributed by atoms with van der Waals surface area (Å²) in [6.45, 7) is 1.91. The zero-order valence-corrected chi connectivity index (χ0v) is 11.4. The zero-order valence-electron chi connectivity index (χ0n) is 11.4. The number of hydrogen-bond donors (Lipinski definition) is 3. The molecule has 0 unspecified atom stereocenters. The Labute approximate surface area is 118 Å². The summed E-state index contributed by atoms with van der Waals surface area (Å²) < 4.78 is 11.1. The number of hydrazine groups is 1. The molecule has 6 heteroatoms. The summed E-state index contributed by atoms with van der Waals surface area (Å²) in [6.07, 6.45) is 3.24. The van der Waals surface area contributed by atoms with Crippen molar-refractivity contribution in [3.63, 3.8) is 0 Å². The molecule has 6 nitrogen and oxygen atoms in total. The SMILES string of the molecule is NNC(=NCCc1ccc2c(c1)OCCO2)NC1CC1. The van der Waals surface area contributed by atoms with Gasteiger partial charge in [-0.25, -0.2) is 5.84 Å². The van der Waals surface area contributed by atoms with E-state index >= 15 is 0 Å². The first-order chi connectivity index (χ1) is 9.85. The molecule has 0 aromatic heterocycles. The third-order valence-corrected chi connectivity index (χ3v) is 3.33. The van der Waals surface area contributed by atoms with Crippen LogP contribution in [-0.2, 0) is 6.42 Å². The Bertz CT molecular complexity index is 500. The second-order valence-corrected chi connectivity index (χ2v) is 5.02. The van der Waals surface area contributed by atoms with Crippen LogP contribution in [0.5, 0.6) is 11.5 Å². The van der Waals surface area contributed by atoms with Gasteiger partial charge in [0.2, 0.25) is 5.96 Å². The molecule has 0 atom stereocenters. The molecule has 1 heterocycles. The second-order valence-electron chi connectivity index (χ2n) is 5.02. The van der Waals surface area contributed by atoms with Crippen LogP contribution in [0.4, 0.5) is 0 Å². The molecule has 1 aromatic rings. The van der Waals surface area contributed by atoms with Gasteiger partial charge in [-0.15, -0.1) is 0 Å². The number of ether oxygens (including phenoxy) is 2. The molecule has 4 N–H and O–H groups in total. The number of nitrogens with two attached hydrogens (primary N) is 1. The van der Waals surface area contributed by atoms with E-state index in [2.05, 4.69) is 15.7 Å². The topological polar surface area (TPSA) is 80.9 Å². The van der Waals surface area contributed by atoms with Crippen LogP contribution in [0.15, 0.2) is 23.2 Å². The van der Waals surface area contributed by atoms with Crippen molar-refractivity contribution in [3.8, 4) is 11.5 Å². The number of nitrogens with one attached hydrogen (secondary N) is 2. The minimum atomic E-state index is 0.541. The molecule has 1 saturated carbocycles. The Balaban J connectivity index is 1.55. The van der Waals surface area contributed by atoms with Crippen LogP contribution >= 0.6 is 0 Å². The standard InChI is InChI=1S/C14H20N4O2/c15-18-14(17-11-2-3-11)16-6-5-10-1-4-12-13(9-10)20-8-7-19-12/h1,4,9,11H,2-3,5-8,15H2,(H2,16,17,18). The molecule has 20 heavy (non-hydrogen) atoms. The van der Waals surface area contributed by atoms with E-state index in [1.54, 1.807) is 0 Å². The van der Waals surface area contributed by atoms with E-state index in [9.17, 15) is 0 Å². The van der Waals surface area contributed by atoms with E-state index < -0.39 is 0 Å². The van der Waals surface area contributed by atoms with Gasteiger partial charge in [-0.05, 0) is 37.0 Å². The third kappa shape index (κ3) is 3.33. The van der Waals surface area contributed by atoms with Gasteiger partial charge in [-0.3, -0.25) is 10.4 Å². The molecule has 1 aromatic carbocycles. The predicted octanol–water partition coefficient (Wildman–Crippen LogP) is 0.572. The van der Waals surface area contributed by atoms with Crippen molar-refractivity contribution in [2.45, 2.75) is 25.3 Å². The lowest BCUT2D eigenvalue weighted by atomic mass is 10.1. The minimum Gasteiger partial charge on any atom is -0.486 e. The Hall–Kier alpha value is -1.95. The smallest absolute Gasteiger partial charge is 0.205 e. The quantitative estimate of drug-likeness (QED) is 0.324. The highest BCUT2D eigenvalue weighted by atomic mass is 16.6. The Morgan fingerprint density at radius 1 is 1.25 bits per heavy atom. The highest BCUT2D eigenvalue weighted by Gasteiger charge is 2.21. The summed E-state index contributed by atoms with van der Waals surface area (Å²) in [7, 11) is 0. The van der Waals surface area contributed by atoms with Gasteiger partial charge in [-0.2, -0.15) is 0 Å². The van der Waals surface area contributed by atoms with Gasteiger partial charge in [0, 0.05) is 12.6 Å². The van der Waals surface area contributed by atoms with Gasteiger partial charge in [0.1, 0.15) is 13.2 Å². The fraction of sp³-hybridized carbons (Fsp3) is 0.500. The van der Waals surface area contributed by atoms with Gasteiger partial charge in [-0.1, -0.05) is 6.07 Å². The summed E-state index contributed by atoms with van der Waals surface area (Å²) in [6, 6.07) is 6.57. The third-order valence-electron chi connectivity index (χ3n) is 3.33. The number of aliphatic imine (C=N–C) groups is 1. The van der Waals surface area contributed by atoms with Gasteiger partial charge in [0.05, 0.1) is 0 Å². The van der Waals surface area contributed by atoms with Gasteiger partial charge in [0.15, 0.2) is 11.5 Å². The molecule has 1 aliphatic carbocycles. The Morgan fingerprint density at radius 3 is 2.80 bits per heavy atom. The summed E-state index contributed by atoms with van der Waals surface area (Å²) in [5.74, 6) is 7.76. The zero-order chi connectivity index (χ0) is 13.8. The molecule has 2 aliphatic rings. The van der Waals surface area contributed by atoms with Crippen LogP contribution in [0.3, 0.4) is 0 Å². The molecule has 0 bridgehead atoms. The van der Waals surface area contributed by atoms with E-state index in [0.717, 1.165) is 17.9 Å². The lowest BCUT2D eigenvalue weighted by molar-refractivity contribution is 0.171. The molecule has 1 fully saturated rings. The number of guanidine groups is 1. The summed E-state index contributed by atoms with van der Waals surface area (Å²) >= 11 is 0. The number of nitrogens with zero attached hydrogens (tertiary/aromatic N) is 1. The van der Waals surface area contributed by atoms with Crippen molar-refractivity contribution in [1.82, 2.24) is 10.7 Å². The summed E-state index contributed by atoms with van der Waals surface area (Å²) in [4.78, 5) is 4.43. The first-order valence-corrected chi connectivity index (χ1v) is 7.01. The van der Waals surface area contributed by atoms with Crippen LogP contribution in [0.2, 0.25) is 0 Å². The van der Waals surface area contributed by atoms with Gasteiger partial charge in [0.25, 0.3) is 0 Å². The van der Waals surface area contributed by atoms with E-state index in [-0.39, 0.29) is 0 Å². The normalized spacial score (nSPS) is 17.8. The molecule has 1 aliphatic heterocycles. The Kier molecular flexibility index (Phi) is 3.92. The summed E-state index contributed by atoms with van der Waals surface area (Å²) in [5.41, 5.74) is 3.79. The molecule has 0 amide bonds. The molecule has 3 rings (SSSR count). The fourth-order valence-electron chi connectivity index (χ4n) is 2.09. The molecular formula is C14H20N4O2. The molecule has 108 valence electrons. The fourth-order valence-corrected chi connectivity index (χ4v) is 2.09. The average Bonchev–Trinajstić information content (AvgIpc) is 3.30. The van der Waals surface area contributed by atoms with Crippen molar-refractivity contribution in [1.29, 1.82) is 0 Å². The average molecular weight is 276 g/mol. The number of hydrogen-bond acceptors (Lipinski definition) is 4. The van der Waals surface area contributed by atoms with E-state index in [1.165, 1.54) is 18.4 Å². The molecule has 0 radical (unpaired) electrons. The Morgan fingerprint density at radius 2 is 2.05 bits per heavy atom. The largest absolute Gasteiger partial charge is 0.486 e. The number of rotatable bonds is 4. The van der Waals surface area contributed by atoms with Crippen molar-refractivity contribution in [2.24, 2.45) is 10.8 Å². The first-order valence-electron chi connectivity index (χ1n) is 7.01. The van der Waals surface area contributed by atoms with Crippen molar-refractivity contribution in [3.05, 3.63) is 23.8 Å². The maximum atomic E-state index is 5.57. The lowest BCUT2D eigenvalue weighted by Gasteiger charge is -2.18. The van der Waals surface area contributed by atoms with E-state index in [4.69, 9.17) is 15.3 Å². The number of benzene rings is 1. The number of fused-ring (bicyclic) bond motifs is 1. The summed E-state index contributed by atoms with van der Waals surface area (Å²) in [5, 5.41) is 3.25. The minimum absolute atomic E-state index is 0.541. The van der Waals surface area contributed by atoms with Crippen molar-refractivity contribution < 1.29 is 9.47 Å². The van der Waals surface area contributed by atoms with Crippen LogP contribution in [-0.4, -0.2) is 31.8 Å². The molecular weight excluding hydrogens is 256 g/mol. The van der Waals surface area contributed by atoms with Gasteiger partial charge >= 0.3 is 0 Å². The van der Waals surface area contributed by atoms with Gasteiger partial charge < -0.3 is 14.8 Å². The van der Waals surface area contributed by atoms with Crippen molar-refractivity contribution in [2.75, 3.05) is 19.8 Å². The van der Waals surface area contributed by atoms with Crippen LogP contribution < -0.4 is 26.1 Å². The molecule has 0 saturated heterocycles. The first kappa shape index (κ1) is 13.1. The maximum absolute atomic E-state index is 5.57. The molecule has 0 spiro atoms. The second kappa shape index (κ2) is 6.00.